The average Bonchev–Trinajstić information content (AvgIpc) is 3.07. The Morgan fingerprint density at radius 2 is 2.04 bits per heavy atom. The summed E-state index contributed by atoms with van der Waals surface area (Å²) < 4.78 is 0. The summed E-state index contributed by atoms with van der Waals surface area (Å²) in [7, 11) is 1.81. The zero-order valence-electron chi connectivity index (χ0n) is 15.4. The molecule has 1 atom stereocenters. The number of nitrogens with one attached hydrogen (secondary N) is 1. The fourth-order valence-electron chi connectivity index (χ4n) is 3.53. The molecule has 6 heteroatoms. The summed E-state index contributed by atoms with van der Waals surface area (Å²) in [4.78, 5) is 19.7. The van der Waals surface area contributed by atoms with Crippen LogP contribution >= 0.6 is 11.3 Å². The molecule has 0 aliphatic carbocycles. The van der Waals surface area contributed by atoms with E-state index < -0.39 is 0 Å². The zero-order chi connectivity index (χ0) is 18.5. The van der Waals surface area contributed by atoms with Gasteiger partial charge in [-0.15, -0.1) is 0 Å². The number of hydrogen-bond donors (Lipinski definition) is 2. The van der Waals surface area contributed by atoms with E-state index in [-0.39, 0.29) is 17.9 Å². The summed E-state index contributed by atoms with van der Waals surface area (Å²) in [6.45, 7) is 3.29. The number of likely N-dealkylation sites (tertiary alicyclic amines) is 1. The highest BCUT2D eigenvalue weighted by molar-refractivity contribution is 7.17. The van der Waals surface area contributed by atoms with Crippen molar-refractivity contribution in [3.8, 4) is 0 Å². The number of anilines is 1. The van der Waals surface area contributed by atoms with Crippen molar-refractivity contribution in [3.05, 3.63) is 46.5 Å². The summed E-state index contributed by atoms with van der Waals surface area (Å²) in [6.07, 6.45) is 3.10. The van der Waals surface area contributed by atoms with E-state index >= 15 is 0 Å². The second-order valence-corrected chi connectivity index (χ2v) is 7.90. The average molecular weight is 374 g/mol. The Balaban J connectivity index is 1.50. The lowest BCUT2D eigenvalue weighted by molar-refractivity contribution is 0.0439. The molecule has 26 heavy (non-hydrogen) atoms. The van der Waals surface area contributed by atoms with Crippen LogP contribution in [0.25, 0.3) is 0 Å². The molecule has 1 unspecified atom stereocenters. The molecule has 1 fully saturated rings. The van der Waals surface area contributed by atoms with Gasteiger partial charge in [0, 0.05) is 20.1 Å². The predicted octanol–water partition coefficient (Wildman–Crippen LogP) is 3.34. The molecule has 1 saturated heterocycles. The largest absolute Gasteiger partial charge is 0.393 e. The number of aromatic nitrogens is 1. The molecule has 1 aromatic heterocycles. The third kappa shape index (κ3) is 4.43. The van der Waals surface area contributed by atoms with E-state index in [0.717, 1.165) is 41.4 Å². The highest BCUT2D eigenvalue weighted by atomic mass is 32.1. The monoisotopic (exact) mass is 373 g/mol. The van der Waals surface area contributed by atoms with Gasteiger partial charge in [-0.3, -0.25) is 4.79 Å². The minimum atomic E-state index is -0.298. The first-order valence-corrected chi connectivity index (χ1v) is 10.1. The first-order valence-electron chi connectivity index (χ1n) is 9.25. The minimum Gasteiger partial charge on any atom is -0.393 e. The molecule has 2 aromatic rings. The Hall–Kier alpha value is -1.92. The number of carbonyl (C=O) groups excluding carboxylic acids is 1. The van der Waals surface area contributed by atoms with Gasteiger partial charge in [-0.25, -0.2) is 4.98 Å². The molecule has 5 nitrogen and oxygen atoms in total. The van der Waals surface area contributed by atoms with E-state index in [0.29, 0.717) is 13.1 Å². The molecular formula is C20H27N3O2S. The van der Waals surface area contributed by atoms with Gasteiger partial charge in [-0.05, 0) is 44.1 Å². The van der Waals surface area contributed by atoms with Crippen molar-refractivity contribution < 1.29 is 9.90 Å². The van der Waals surface area contributed by atoms with E-state index in [4.69, 9.17) is 0 Å². The molecule has 3 rings (SSSR count). The van der Waals surface area contributed by atoms with E-state index in [1.807, 2.05) is 37.1 Å². The summed E-state index contributed by atoms with van der Waals surface area (Å²) >= 11 is 1.41. The molecule has 140 valence electrons. The Labute approximate surface area is 159 Å². The molecule has 2 heterocycles. The van der Waals surface area contributed by atoms with E-state index in [1.54, 1.807) is 0 Å². The van der Waals surface area contributed by atoms with Crippen molar-refractivity contribution in [1.82, 2.24) is 9.88 Å². The molecule has 0 spiro atoms. The van der Waals surface area contributed by atoms with Crippen LogP contribution in [-0.2, 0) is 6.42 Å². The van der Waals surface area contributed by atoms with Gasteiger partial charge >= 0.3 is 0 Å². The Morgan fingerprint density at radius 3 is 2.65 bits per heavy atom. The lowest BCUT2D eigenvalue weighted by Crippen LogP contribution is -2.41. The molecule has 0 bridgehead atoms. The summed E-state index contributed by atoms with van der Waals surface area (Å²) in [5.74, 6) is 0.344. The van der Waals surface area contributed by atoms with E-state index in [2.05, 4.69) is 22.4 Å². The van der Waals surface area contributed by atoms with Gasteiger partial charge in [0.05, 0.1) is 11.8 Å². The number of nitrogens with zero attached hydrogens (tertiary/aromatic N) is 2. The van der Waals surface area contributed by atoms with Gasteiger partial charge in [-0.2, -0.15) is 0 Å². The predicted molar refractivity (Wildman–Crippen MR) is 106 cm³/mol. The standard InChI is InChI=1S/C20H27N3O2S/c1-14-18(26-20(21-2)22-14)19(25)23-12-10-16(11-13-23)17(24)9-8-15-6-4-3-5-7-15/h3-7,16-17,24H,8-13H2,1-2H3,(H,21,22). The van der Waals surface area contributed by atoms with Crippen LogP contribution in [0.1, 0.15) is 40.2 Å². The summed E-state index contributed by atoms with van der Waals surface area (Å²) in [6, 6.07) is 10.3. The summed E-state index contributed by atoms with van der Waals surface area (Å²) in [5, 5.41) is 14.3. The molecule has 1 aliphatic rings. The van der Waals surface area contributed by atoms with Gasteiger partial charge in [0.15, 0.2) is 5.13 Å². The number of aliphatic hydroxyl groups excluding tert-OH is 1. The van der Waals surface area contributed by atoms with Crippen LogP contribution in [0.3, 0.4) is 0 Å². The van der Waals surface area contributed by atoms with Gasteiger partial charge in [0.25, 0.3) is 5.91 Å². The van der Waals surface area contributed by atoms with Crippen LogP contribution < -0.4 is 5.32 Å². The number of aliphatic hydroxyl groups is 1. The van der Waals surface area contributed by atoms with Crippen LogP contribution in [0.4, 0.5) is 5.13 Å². The third-order valence-electron chi connectivity index (χ3n) is 5.15. The highest BCUT2D eigenvalue weighted by Crippen LogP contribution is 2.28. The minimum absolute atomic E-state index is 0.0683. The number of thiazole rings is 1. The maximum atomic E-state index is 12.7. The quantitative estimate of drug-likeness (QED) is 0.815. The molecule has 2 N–H and O–H groups in total. The van der Waals surface area contributed by atoms with Crippen LogP contribution in [-0.4, -0.2) is 47.1 Å². The number of piperidine rings is 1. The van der Waals surface area contributed by atoms with Crippen molar-refractivity contribution in [3.63, 3.8) is 0 Å². The molecule has 1 amide bonds. The SMILES string of the molecule is CNc1nc(C)c(C(=O)N2CCC(C(O)CCc3ccccc3)CC2)s1. The molecule has 1 aromatic carbocycles. The Morgan fingerprint density at radius 1 is 1.35 bits per heavy atom. The number of amides is 1. The normalized spacial score (nSPS) is 16.5. The van der Waals surface area contributed by atoms with Crippen molar-refractivity contribution in [2.45, 2.75) is 38.7 Å². The second-order valence-electron chi connectivity index (χ2n) is 6.90. The van der Waals surface area contributed by atoms with E-state index in [1.165, 1.54) is 16.9 Å². The molecule has 0 saturated carbocycles. The summed E-state index contributed by atoms with van der Waals surface area (Å²) in [5.41, 5.74) is 2.05. The van der Waals surface area contributed by atoms with Gasteiger partial charge in [-0.1, -0.05) is 41.7 Å². The third-order valence-corrected chi connectivity index (χ3v) is 6.31. The van der Waals surface area contributed by atoms with E-state index in [9.17, 15) is 9.90 Å². The van der Waals surface area contributed by atoms with Crippen LogP contribution in [0.2, 0.25) is 0 Å². The van der Waals surface area contributed by atoms with Crippen molar-refractivity contribution in [1.29, 1.82) is 0 Å². The molecule has 0 radical (unpaired) electrons. The van der Waals surface area contributed by atoms with Gasteiger partial charge in [0.2, 0.25) is 0 Å². The first kappa shape index (κ1) is 18.9. The van der Waals surface area contributed by atoms with Crippen molar-refractivity contribution in [2.24, 2.45) is 5.92 Å². The first-order chi connectivity index (χ1) is 12.6. The van der Waals surface area contributed by atoms with Gasteiger partial charge < -0.3 is 15.3 Å². The van der Waals surface area contributed by atoms with Crippen molar-refractivity contribution >= 4 is 22.4 Å². The smallest absolute Gasteiger partial charge is 0.265 e. The van der Waals surface area contributed by atoms with Crippen molar-refractivity contribution in [2.75, 3.05) is 25.5 Å². The maximum Gasteiger partial charge on any atom is 0.265 e. The fourth-order valence-corrected chi connectivity index (χ4v) is 4.42. The van der Waals surface area contributed by atoms with Crippen LogP contribution in [0.15, 0.2) is 30.3 Å². The zero-order valence-corrected chi connectivity index (χ0v) is 16.3. The lowest BCUT2D eigenvalue weighted by atomic mass is 9.88. The number of carbonyl (C=O) groups is 1. The van der Waals surface area contributed by atoms with Gasteiger partial charge in [0.1, 0.15) is 4.88 Å². The number of rotatable bonds is 6. The Kier molecular flexibility index (Phi) is 6.27. The fraction of sp³-hybridized carbons (Fsp3) is 0.500. The van der Waals surface area contributed by atoms with Crippen LogP contribution in [0, 0.1) is 12.8 Å². The number of benzene rings is 1. The maximum absolute atomic E-state index is 12.7. The van der Waals surface area contributed by atoms with Crippen LogP contribution in [0.5, 0.6) is 0 Å². The Bertz CT molecular complexity index is 724. The molecule has 1 aliphatic heterocycles. The topological polar surface area (TPSA) is 65.5 Å². The second kappa shape index (κ2) is 8.64. The number of hydrogen-bond acceptors (Lipinski definition) is 5. The highest BCUT2D eigenvalue weighted by Gasteiger charge is 2.29. The molecular weight excluding hydrogens is 346 g/mol. The lowest BCUT2D eigenvalue weighted by Gasteiger charge is -2.34. The number of aryl methyl sites for hydroxylation is 2.